The Bertz CT molecular complexity index is 272. The Kier molecular flexibility index (Phi) is 4.13. The van der Waals surface area contributed by atoms with Gasteiger partial charge in [0.25, 0.3) is 0 Å². The van der Waals surface area contributed by atoms with Gasteiger partial charge in [-0.25, -0.2) is 0 Å². The van der Waals surface area contributed by atoms with Crippen LogP contribution in [0.3, 0.4) is 0 Å². The van der Waals surface area contributed by atoms with Gasteiger partial charge in [0, 0.05) is 6.04 Å². The van der Waals surface area contributed by atoms with E-state index < -0.39 is 7.12 Å². The van der Waals surface area contributed by atoms with E-state index in [1.165, 1.54) is 5.56 Å². The summed E-state index contributed by atoms with van der Waals surface area (Å²) in [6.45, 7) is 1.98. The van der Waals surface area contributed by atoms with Crippen LogP contribution >= 0.6 is 0 Å². The Morgan fingerprint density at radius 1 is 1.29 bits per heavy atom. The summed E-state index contributed by atoms with van der Waals surface area (Å²) in [6, 6.07) is 7.45. The molecule has 1 unspecified atom stereocenters. The van der Waals surface area contributed by atoms with Crippen molar-refractivity contribution in [1.82, 2.24) is 0 Å². The van der Waals surface area contributed by atoms with Gasteiger partial charge in [-0.2, -0.15) is 0 Å². The molecule has 0 fully saturated rings. The zero-order valence-electron chi connectivity index (χ0n) is 8.35. The first-order valence-electron chi connectivity index (χ1n) is 4.80. The fourth-order valence-corrected chi connectivity index (χ4v) is 1.25. The summed E-state index contributed by atoms with van der Waals surface area (Å²) >= 11 is 0. The molecule has 76 valence electrons. The van der Waals surface area contributed by atoms with Crippen molar-refractivity contribution in [3.8, 4) is 0 Å². The molecule has 14 heavy (non-hydrogen) atoms. The van der Waals surface area contributed by atoms with Crippen molar-refractivity contribution in [2.75, 3.05) is 0 Å². The Labute approximate surface area is 84.7 Å². The fourth-order valence-electron chi connectivity index (χ4n) is 1.25. The maximum atomic E-state index is 8.87. The minimum atomic E-state index is -1.38. The Hall–Kier alpha value is -0.835. The van der Waals surface area contributed by atoms with Gasteiger partial charge in [0.2, 0.25) is 0 Å². The molecule has 4 N–H and O–H groups in total. The first kappa shape index (κ1) is 11.2. The van der Waals surface area contributed by atoms with Crippen molar-refractivity contribution in [3.63, 3.8) is 0 Å². The Morgan fingerprint density at radius 3 is 2.29 bits per heavy atom. The van der Waals surface area contributed by atoms with Crippen molar-refractivity contribution in [3.05, 3.63) is 29.8 Å². The molecule has 0 aliphatic heterocycles. The molecular weight excluding hydrogens is 177 g/mol. The first-order chi connectivity index (χ1) is 6.59. The third-order valence-corrected chi connectivity index (χ3v) is 2.17. The SMILES string of the molecule is CC(N)CCc1ccc(B(O)O)cc1. The molecule has 0 saturated carbocycles. The van der Waals surface area contributed by atoms with Gasteiger partial charge >= 0.3 is 7.12 Å². The third kappa shape index (κ3) is 3.50. The van der Waals surface area contributed by atoms with Gasteiger partial charge in [-0.05, 0) is 30.8 Å². The molecule has 0 spiro atoms. The maximum Gasteiger partial charge on any atom is 0.488 e. The fraction of sp³-hybridized carbons (Fsp3) is 0.400. The third-order valence-electron chi connectivity index (χ3n) is 2.17. The van der Waals surface area contributed by atoms with Gasteiger partial charge < -0.3 is 15.8 Å². The molecule has 1 atom stereocenters. The molecular formula is C10H16BNO2. The minimum absolute atomic E-state index is 0.207. The lowest BCUT2D eigenvalue weighted by Crippen LogP contribution is -2.29. The molecule has 3 nitrogen and oxygen atoms in total. The quantitative estimate of drug-likeness (QED) is 0.572. The summed E-state index contributed by atoms with van der Waals surface area (Å²) in [5, 5.41) is 17.7. The van der Waals surface area contributed by atoms with E-state index in [4.69, 9.17) is 15.8 Å². The molecule has 0 aliphatic rings. The summed E-state index contributed by atoms with van der Waals surface area (Å²) in [4.78, 5) is 0. The number of hydrogen-bond acceptors (Lipinski definition) is 3. The summed E-state index contributed by atoms with van der Waals surface area (Å²) in [5.41, 5.74) is 7.33. The van der Waals surface area contributed by atoms with Crippen LogP contribution in [-0.2, 0) is 6.42 Å². The summed E-state index contributed by atoms with van der Waals surface area (Å²) < 4.78 is 0. The summed E-state index contributed by atoms with van der Waals surface area (Å²) in [5.74, 6) is 0. The predicted octanol–water partition coefficient (Wildman–Crippen LogP) is -0.354. The summed E-state index contributed by atoms with van der Waals surface area (Å²) in [7, 11) is -1.38. The van der Waals surface area contributed by atoms with Crippen molar-refractivity contribution < 1.29 is 10.0 Å². The number of aryl methyl sites for hydroxylation is 1. The van der Waals surface area contributed by atoms with Gasteiger partial charge in [-0.1, -0.05) is 24.3 Å². The molecule has 0 aromatic heterocycles. The van der Waals surface area contributed by atoms with Crippen LogP contribution in [0.2, 0.25) is 0 Å². The normalized spacial score (nSPS) is 12.6. The van der Waals surface area contributed by atoms with Crippen LogP contribution in [0.25, 0.3) is 0 Å². The highest BCUT2D eigenvalue weighted by Gasteiger charge is 2.09. The first-order valence-corrected chi connectivity index (χ1v) is 4.80. The van der Waals surface area contributed by atoms with Gasteiger partial charge in [0.05, 0.1) is 0 Å². The number of rotatable bonds is 4. The zero-order chi connectivity index (χ0) is 10.6. The van der Waals surface area contributed by atoms with Crippen LogP contribution in [0.1, 0.15) is 18.9 Å². The minimum Gasteiger partial charge on any atom is -0.423 e. The van der Waals surface area contributed by atoms with Gasteiger partial charge in [-0.15, -0.1) is 0 Å². The lowest BCUT2D eigenvalue weighted by atomic mass is 9.80. The van der Waals surface area contributed by atoms with E-state index >= 15 is 0 Å². The van der Waals surface area contributed by atoms with Gasteiger partial charge in [0.15, 0.2) is 0 Å². The molecule has 0 aliphatic carbocycles. The second-order valence-electron chi connectivity index (χ2n) is 3.63. The molecule has 4 heteroatoms. The van der Waals surface area contributed by atoms with E-state index in [1.807, 2.05) is 19.1 Å². The lowest BCUT2D eigenvalue weighted by Gasteiger charge is -2.05. The van der Waals surface area contributed by atoms with Crippen LogP contribution in [-0.4, -0.2) is 23.2 Å². The zero-order valence-corrected chi connectivity index (χ0v) is 8.35. The van der Waals surface area contributed by atoms with E-state index in [2.05, 4.69) is 0 Å². The van der Waals surface area contributed by atoms with E-state index in [0.29, 0.717) is 5.46 Å². The highest BCUT2D eigenvalue weighted by atomic mass is 16.4. The van der Waals surface area contributed by atoms with E-state index in [1.54, 1.807) is 12.1 Å². The second kappa shape index (κ2) is 5.15. The summed E-state index contributed by atoms with van der Waals surface area (Å²) in [6.07, 6.45) is 1.88. The second-order valence-corrected chi connectivity index (χ2v) is 3.63. The highest BCUT2D eigenvalue weighted by molar-refractivity contribution is 6.58. The van der Waals surface area contributed by atoms with Gasteiger partial charge in [-0.3, -0.25) is 0 Å². The van der Waals surface area contributed by atoms with Crippen molar-refractivity contribution in [2.45, 2.75) is 25.8 Å². The molecule has 0 saturated heterocycles. The number of benzene rings is 1. The van der Waals surface area contributed by atoms with Gasteiger partial charge in [0.1, 0.15) is 0 Å². The van der Waals surface area contributed by atoms with Crippen LogP contribution < -0.4 is 11.2 Å². The van der Waals surface area contributed by atoms with E-state index in [-0.39, 0.29) is 6.04 Å². The lowest BCUT2D eigenvalue weighted by molar-refractivity contribution is 0.426. The molecule has 0 radical (unpaired) electrons. The molecule has 1 aromatic carbocycles. The largest absolute Gasteiger partial charge is 0.488 e. The number of nitrogens with two attached hydrogens (primary N) is 1. The monoisotopic (exact) mass is 193 g/mol. The Morgan fingerprint density at radius 2 is 1.86 bits per heavy atom. The van der Waals surface area contributed by atoms with E-state index in [9.17, 15) is 0 Å². The van der Waals surface area contributed by atoms with Crippen molar-refractivity contribution in [1.29, 1.82) is 0 Å². The topological polar surface area (TPSA) is 66.5 Å². The van der Waals surface area contributed by atoms with Crippen molar-refractivity contribution in [2.24, 2.45) is 5.73 Å². The number of hydrogen-bond donors (Lipinski definition) is 3. The average Bonchev–Trinajstić information content (AvgIpc) is 2.15. The molecule has 1 rings (SSSR count). The Balaban J connectivity index is 2.55. The van der Waals surface area contributed by atoms with E-state index in [0.717, 1.165) is 12.8 Å². The van der Waals surface area contributed by atoms with Crippen LogP contribution in [0.15, 0.2) is 24.3 Å². The molecule has 1 aromatic rings. The maximum absolute atomic E-state index is 8.87. The smallest absolute Gasteiger partial charge is 0.423 e. The van der Waals surface area contributed by atoms with Crippen LogP contribution in [0.5, 0.6) is 0 Å². The standard InChI is InChI=1S/C10H16BNO2/c1-8(12)2-3-9-4-6-10(7-5-9)11(13)14/h4-8,13-14H,2-3,12H2,1H3. The molecule has 0 heterocycles. The van der Waals surface area contributed by atoms with Crippen LogP contribution in [0.4, 0.5) is 0 Å². The predicted molar refractivity (Wildman–Crippen MR) is 58.2 cm³/mol. The molecule has 0 bridgehead atoms. The average molecular weight is 193 g/mol. The highest BCUT2D eigenvalue weighted by Crippen LogP contribution is 2.02. The van der Waals surface area contributed by atoms with Crippen LogP contribution in [0, 0.1) is 0 Å². The van der Waals surface area contributed by atoms with Crippen molar-refractivity contribution >= 4 is 12.6 Å². The molecule has 0 amide bonds.